The van der Waals surface area contributed by atoms with Crippen molar-refractivity contribution in [3.8, 4) is 0 Å². The molecule has 0 saturated heterocycles. The molecule has 0 aliphatic carbocycles. The SMILES string of the molecule is Cc1cc(C)c(NS(=O)(=O)c2c(C)[nH]c(=O)[nH]c2=O)c(C)c1. The maximum atomic E-state index is 12.5. The summed E-state index contributed by atoms with van der Waals surface area (Å²) in [6, 6.07) is 3.68. The average molecular weight is 323 g/mol. The van der Waals surface area contributed by atoms with Crippen LogP contribution in [0, 0.1) is 27.7 Å². The Balaban J connectivity index is 2.60. The van der Waals surface area contributed by atoms with Gasteiger partial charge in [0.2, 0.25) is 0 Å². The molecule has 118 valence electrons. The van der Waals surface area contributed by atoms with Crippen LogP contribution in [0.4, 0.5) is 5.69 Å². The molecule has 8 heteroatoms. The lowest BCUT2D eigenvalue weighted by atomic mass is 10.1. The lowest BCUT2D eigenvalue weighted by Crippen LogP contribution is -2.31. The van der Waals surface area contributed by atoms with E-state index in [9.17, 15) is 18.0 Å². The maximum absolute atomic E-state index is 12.5. The van der Waals surface area contributed by atoms with E-state index in [4.69, 9.17) is 0 Å². The normalized spacial score (nSPS) is 11.5. The van der Waals surface area contributed by atoms with E-state index in [1.54, 1.807) is 13.8 Å². The summed E-state index contributed by atoms with van der Waals surface area (Å²) in [5, 5.41) is 0. The maximum Gasteiger partial charge on any atom is 0.325 e. The fourth-order valence-electron chi connectivity index (χ4n) is 2.44. The van der Waals surface area contributed by atoms with Gasteiger partial charge in [-0.25, -0.2) is 13.2 Å². The highest BCUT2D eigenvalue weighted by molar-refractivity contribution is 7.92. The molecule has 1 heterocycles. The summed E-state index contributed by atoms with van der Waals surface area (Å²) >= 11 is 0. The van der Waals surface area contributed by atoms with Gasteiger partial charge in [-0.1, -0.05) is 17.7 Å². The highest BCUT2D eigenvalue weighted by atomic mass is 32.2. The van der Waals surface area contributed by atoms with Crippen molar-refractivity contribution >= 4 is 15.7 Å². The second-order valence-corrected chi connectivity index (χ2v) is 6.86. The number of aryl methyl sites for hydroxylation is 4. The van der Waals surface area contributed by atoms with Crippen LogP contribution in [0.15, 0.2) is 26.6 Å². The summed E-state index contributed by atoms with van der Waals surface area (Å²) in [7, 11) is -4.11. The number of rotatable bonds is 3. The Morgan fingerprint density at radius 3 is 2.00 bits per heavy atom. The number of aromatic amines is 2. The molecule has 0 aliphatic rings. The zero-order valence-electron chi connectivity index (χ0n) is 12.7. The van der Waals surface area contributed by atoms with E-state index in [0.717, 1.165) is 16.7 Å². The first-order valence-corrected chi connectivity index (χ1v) is 8.04. The van der Waals surface area contributed by atoms with Gasteiger partial charge in [0.25, 0.3) is 15.6 Å². The molecule has 22 heavy (non-hydrogen) atoms. The van der Waals surface area contributed by atoms with Crippen molar-refractivity contribution in [2.24, 2.45) is 0 Å². The second kappa shape index (κ2) is 5.45. The van der Waals surface area contributed by atoms with Crippen molar-refractivity contribution in [1.82, 2.24) is 9.97 Å². The summed E-state index contributed by atoms with van der Waals surface area (Å²) in [5.41, 5.74) is 1.23. The van der Waals surface area contributed by atoms with Crippen LogP contribution in [0.2, 0.25) is 0 Å². The smallest absolute Gasteiger partial charge is 0.310 e. The number of hydrogen-bond acceptors (Lipinski definition) is 4. The van der Waals surface area contributed by atoms with Gasteiger partial charge >= 0.3 is 5.69 Å². The standard InChI is InChI=1S/C14H17N3O4S/c1-7-5-8(2)11(9(3)6-7)17-22(20,21)12-10(4)15-14(19)16-13(12)18/h5-6,17H,1-4H3,(H2,15,16,18,19). The lowest BCUT2D eigenvalue weighted by molar-refractivity contribution is 0.597. The predicted molar refractivity (Wildman–Crippen MR) is 83.9 cm³/mol. The predicted octanol–water partition coefficient (Wildman–Crippen LogP) is 1.10. The van der Waals surface area contributed by atoms with E-state index in [0.29, 0.717) is 5.69 Å². The van der Waals surface area contributed by atoms with Crippen molar-refractivity contribution in [3.63, 3.8) is 0 Å². The van der Waals surface area contributed by atoms with Gasteiger partial charge in [-0.2, -0.15) is 0 Å². The minimum atomic E-state index is -4.11. The van der Waals surface area contributed by atoms with E-state index in [-0.39, 0.29) is 5.69 Å². The zero-order chi connectivity index (χ0) is 16.7. The van der Waals surface area contributed by atoms with Gasteiger partial charge in [-0.15, -0.1) is 0 Å². The molecule has 0 spiro atoms. The molecule has 0 aliphatic heterocycles. The fraction of sp³-hybridized carbons (Fsp3) is 0.286. The summed E-state index contributed by atoms with van der Waals surface area (Å²) < 4.78 is 27.4. The number of H-pyrrole nitrogens is 2. The van der Waals surface area contributed by atoms with Crippen LogP contribution in [0.25, 0.3) is 0 Å². The van der Waals surface area contributed by atoms with E-state index >= 15 is 0 Å². The molecule has 0 unspecified atom stereocenters. The highest BCUT2D eigenvalue weighted by Crippen LogP contribution is 2.24. The largest absolute Gasteiger partial charge is 0.325 e. The monoisotopic (exact) mass is 323 g/mol. The van der Waals surface area contributed by atoms with Crippen LogP contribution in [-0.2, 0) is 10.0 Å². The lowest BCUT2D eigenvalue weighted by Gasteiger charge is -2.14. The Morgan fingerprint density at radius 2 is 1.50 bits per heavy atom. The number of anilines is 1. The van der Waals surface area contributed by atoms with Crippen LogP contribution in [-0.4, -0.2) is 18.4 Å². The molecule has 7 nitrogen and oxygen atoms in total. The topological polar surface area (TPSA) is 112 Å². The van der Waals surface area contributed by atoms with Crippen LogP contribution in [0.5, 0.6) is 0 Å². The number of aromatic nitrogens is 2. The van der Waals surface area contributed by atoms with Gasteiger partial charge in [0, 0.05) is 5.69 Å². The fourth-order valence-corrected chi connectivity index (χ4v) is 3.88. The molecule has 0 saturated carbocycles. The van der Waals surface area contributed by atoms with Crippen molar-refractivity contribution in [1.29, 1.82) is 0 Å². The third-order valence-corrected chi connectivity index (χ3v) is 4.76. The quantitative estimate of drug-likeness (QED) is 0.785. The zero-order valence-corrected chi connectivity index (χ0v) is 13.5. The average Bonchev–Trinajstić information content (AvgIpc) is 2.31. The Kier molecular flexibility index (Phi) is 3.97. The first kappa shape index (κ1) is 16.0. The minimum absolute atomic E-state index is 0.0105. The Morgan fingerprint density at radius 1 is 0.955 bits per heavy atom. The Labute approximate surface area is 127 Å². The summed E-state index contributed by atoms with van der Waals surface area (Å²) in [6.45, 7) is 6.83. The molecular formula is C14H17N3O4S. The van der Waals surface area contributed by atoms with Crippen LogP contribution >= 0.6 is 0 Å². The number of sulfonamides is 1. The van der Waals surface area contributed by atoms with Crippen molar-refractivity contribution in [3.05, 3.63) is 55.4 Å². The third-order valence-electron chi connectivity index (χ3n) is 3.26. The van der Waals surface area contributed by atoms with Gasteiger partial charge in [0.05, 0.1) is 5.69 Å². The van der Waals surface area contributed by atoms with Crippen molar-refractivity contribution < 1.29 is 8.42 Å². The molecule has 0 fully saturated rings. The molecule has 2 aromatic rings. The van der Waals surface area contributed by atoms with E-state index in [2.05, 4.69) is 9.71 Å². The molecule has 0 bridgehead atoms. The van der Waals surface area contributed by atoms with E-state index in [1.807, 2.05) is 24.0 Å². The Bertz CT molecular complexity index is 932. The van der Waals surface area contributed by atoms with E-state index < -0.39 is 26.2 Å². The number of nitrogens with one attached hydrogen (secondary N) is 3. The first-order valence-electron chi connectivity index (χ1n) is 6.55. The molecule has 0 amide bonds. The molecule has 2 rings (SSSR count). The second-order valence-electron chi connectivity index (χ2n) is 5.24. The van der Waals surface area contributed by atoms with Crippen molar-refractivity contribution in [2.45, 2.75) is 32.6 Å². The third kappa shape index (κ3) is 2.96. The highest BCUT2D eigenvalue weighted by Gasteiger charge is 2.23. The summed E-state index contributed by atoms with van der Waals surface area (Å²) in [4.78, 5) is 26.7. The van der Waals surface area contributed by atoms with Crippen LogP contribution in [0.3, 0.4) is 0 Å². The number of benzene rings is 1. The van der Waals surface area contributed by atoms with Crippen molar-refractivity contribution in [2.75, 3.05) is 4.72 Å². The van der Waals surface area contributed by atoms with Crippen LogP contribution < -0.4 is 16.0 Å². The van der Waals surface area contributed by atoms with Gasteiger partial charge in [-0.3, -0.25) is 14.5 Å². The summed E-state index contributed by atoms with van der Waals surface area (Å²) in [5.74, 6) is 0. The van der Waals surface area contributed by atoms with Gasteiger partial charge in [-0.05, 0) is 38.8 Å². The van der Waals surface area contributed by atoms with E-state index in [1.165, 1.54) is 6.92 Å². The molecule has 3 N–H and O–H groups in total. The summed E-state index contributed by atoms with van der Waals surface area (Å²) in [6.07, 6.45) is 0. The molecule has 1 aromatic carbocycles. The minimum Gasteiger partial charge on any atom is -0.310 e. The Hall–Kier alpha value is -2.35. The molecule has 1 aromatic heterocycles. The molecular weight excluding hydrogens is 306 g/mol. The van der Waals surface area contributed by atoms with Gasteiger partial charge in [0.1, 0.15) is 0 Å². The first-order chi connectivity index (χ1) is 10.1. The number of hydrogen-bond donors (Lipinski definition) is 3. The van der Waals surface area contributed by atoms with Crippen LogP contribution in [0.1, 0.15) is 22.4 Å². The van der Waals surface area contributed by atoms with Gasteiger partial charge in [0.15, 0.2) is 4.90 Å². The molecule has 0 radical (unpaired) electrons. The van der Waals surface area contributed by atoms with Gasteiger partial charge < -0.3 is 4.98 Å². The molecule has 0 atom stereocenters.